The lowest BCUT2D eigenvalue weighted by atomic mass is 10.3. The zero-order valence-electron chi connectivity index (χ0n) is 11.1. The molecule has 1 amide bonds. The standard InChI is InChI=1S/C15H12Cl2FNOS/c1-9(21-14-8-10(16)6-7-11(14)17)15(20)19-13-5-3-2-4-12(13)18/h2-9H,1H3,(H,19,20)/t9-/m0/s1. The van der Waals surface area contributed by atoms with E-state index in [1.54, 1.807) is 37.3 Å². The maximum Gasteiger partial charge on any atom is 0.237 e. The quantitative estimate of drug-likeness (QED) is 0.768. The fourth-order valence-electron chi connectivity index (χ4n) is 1.61. The van der Waals surface area contributed by atoms with Gasteiger partial charge in [-0.2, -0.15) is 0 Å². The van der Waals surface area contributed by atoms with Crippen LogP contribution < -0.4 is 5.32 Å². The van der Waals surface area contributed by atoms with Crippen LogP contribution in [0, 0.1) is 5.82 Å². The van der Waals surface area contributed by atoms with Gasteiger partial charge in [-0.15, -0.1) is 11.8 Å². The number of amides is 1. The minimum Gasteiger partial charge on any atom is -0.323 e. The zero-order chi connectivity index (χ0) is 15.4. The average Bonchev–Trinajstić information content (AvgIpc) is 2.45. The maximum atomic E-state index is 13.5. The molecule has 2 rings (SSSR count). The molecule has 0 saturated heterocycles. The first-order valence-electron chi connectivity index (χ1n) is 6.14. The lowest BCUT2D eigenvalue weighted by molar-refractivity contribution is -0.115. The summed E-state index contributed by atoms with van der Waals surface area (Å²) in [5.74, 6) is -0.773. The molecule has 0 aliphatic rings. The van der Waals surface area contributed by atoms with E-state index in [2.05, 4.69) is 5.32 Å². The second-order valence-electron chi connectivity index (χ2n) is 4.30. The Hall–Kier alpha value is -1.23. The van der Waals surface area contributed by atoms with E-state index >= 15 is 0 Å². The van der Waals surface area contributed by atoms with E-state index < -0.39 is 11.1 Å². The van der Waals surface area contributed by atoms with E-state index in [9.17, 15) is 9.18 Å². The first-order valence-corrected chi connectivity index (χ1v) is 7.78. The molecule has 1 atom stereocenters. The Morgan fingerprint density at radius 3 is 2.67 bits per heavy atom. The van der Waals surface area contributed by atoms with Crippen LogP contribution in [0.3, 0.4) is 0 Å². The van der Waals surface area contributed by atoms with Crippen LogP contribution in [0.25, 0.3) is 0 Å². The molecule has 6 heteroatoms. The Morgan fingerprint density at radius 2 is 1.95 bits per heavy atom. The number of hydrogen-bond acceptors (Lipinski definition) is 2. The summed E-state index contributed by atoms with van der Waals surface area (Å²) in [6.07, 6.45) is 0. The molecule has 2 nitrogen and oxygen atoms in total. The Balaban J connectivity index is 2.06. The molecule has 0 heterocycles. The van der Waals surface area contributed by atoms with Crippen LogP contribution in [-0.2, 0) is 4.79 Å². The average molecular weight is 344 g/mol. The van der Waals surface area contributed by atoms with Gasteiger partial charge in [0.15, 0.2) is 0 Å². The van der Waals surface area contributed by atoms with E-state index in [4.69, 9.17) is 23.2 Å². The first-order chi connectivity index (χ1) is 9.97. The number of rotatable bonds is 4. The van der Waals surface area contributed by atoms with Crippen LogP contribution in [-0.4, -0.2) is 11.2 Å². The molecule has 2 aromatic rings. The van der Waals surface area contributed by atoms with Crippen LogP contribution >= 0.6 is 35.0 Å². The Bertz CT molecular complexity index is 666. The molecule has 0 radical (unpaired) electrons. The second-order valence-corrected chi connectivity index (χ2v) is 6.53. The summed E-state index contributed by atoms with van der Waals surface area (Å²) in [5, 5.41) is 3.18. The molecule has 0 unspecified atom stereocenters. The van der Waals surface area contributed by atoms with E-state index in [0.717, 1.165) is 0 Å². The van der Waals surface area contributed by atoms with Crippen molar-refractivity contribution in [2.24, 2.45) is 0 Å². The molecule has 0 spiro atoms. The van der Waals surface area contributed by atoms with Gasteiger partial charge >= 0.3 is 0 Å². The highest BCUT2D eigenvalue weighted by Crippen LogP contribution is 2.33. The van der Waals surface area contributed by atoms with Gasteiger partial charge in [-0.25, -0.2) is 4.39 Å². The topological polar surface area (TPSA) is 29.1 Å². The van der Waals surface area contributed by atoms with Crippen molar-refractivity contribution in [1.82, 2.24) is 0 Å². The Labute approximate surface area is 136 Å². The highest BCUT2D eigenvalue weighted by molar-refractivity contribution is 8.00. The van der Waals surface area contributed by atoms with E-state index in [1.165, 1.54) is 23.9 Å². The number of carbonyl (C=O) groups is 1. The van der Waals surface area contributed by atoms with Gasteiger partial charge in [-0.1, -0.05) is 35.3 Å². The molecule has 0 bridgehead atoms. The van der Waals surface area contributed by atoms with Crippen molar-refractivity contribution in [3.8, 4) is 0 Å². The summed E-state index contributed by atoms with van der Waals surface area (Å²) in [5.41, 5.74) is 0.159. The maximum absolute atomic E-state index is 13.5. The van der Waals surface area contributed by atoms with Gasteiger partial charge < -0.3 is 5.32 Å². The summed E-state index contributed by atoms with van der Waals surface area (Å²) in [4.78, 5) is 12.8. The molecule has 0 fully saturated rings. The van der Waals surface area contributed by atoms with Crippen molar-refractivity contribution in [2.75, 3.05) is 5.32 Å². The molecule has 0 aliphatic carbocycles. The van der Waals surface area contributed by atoms with Gasteiger partial charge in [0, 0.05) is 9.92 Å². The SMILES string of the molecule is C[C@H](Sc1cc(Cl)ccc1Cl)C(=O)Nc1ccccc1F. The molecule has 2 aromatic carbocycles. The van der Waals surface area contributed by atoms with Crippen LogP contribution in [0.15, 0.2) is 47.4 Å². The minimum atomic E-state index is -0.469. The smallest absolute Gasteiger partial charge is 0.237 e. The molecular formula is C15H12Cl2FNOS. The third-order valence-corrected chi connectivity index (χ3v) is 4.53. The van der Waals surface area contributed by atoms with E-state index in [-0.39, 0.29) is 11.6 Å². The van der Waals surface area contributed by atoms with Crippen LogP contribution in [0.4, 0.5) is 10.1 Å². The van der Waals surface area contributed by atoms with Crippen molar-refractivity contribution < 1.29 is 9.18 Å². The van der Waals surface area contributed by atoms with E-state index in [1.807, 2.05) is 0 Å². The largest absolute Gasteiger partial charge is 0.323 e. The number of para-hydroxylation sites is 1. The van der Waals surface area contributed by atoms with Gasteiger partial charge in [0.05, 0.1) is 16.0 Å². The fourth-order valence-corrected chi connectivity index (χ4v) is 3.02. The lowest BCUT2D eigenvalue weighted by Gasteiger charge is -2.13. The summed E-state index contributed by atoms with van der Waals surface area (Å²) in [7, 11) is 0. The number of halogens is 3. The predicted molar refractivity (Wildman–Crippen MR) is 86.8 cm³/mol. The fraction of sp³-hybridized carbons (Fsp3) is 0.133. The van der Waals surface area contributed by atoms with Crippen molar-refractivity contribution in [3.05, 3.63) is 58.3 Å². The molecule has 0 saturated carbocycles. The molecule has 0 aliphatic heterocycles. The lowest BCUT2D eigenvalue weighted by Crippen LogP contribution is -2.22. The molecule has 110 valence electrons. The summed E-state index contributed by atoms with van der Waals surface area (Å²) >= 11 is 13.2. The highest BCUT2D eigenvalue weighted by atomic mass is 35.5. The molecule has 21 heavy (non-hydrogen) atoms. The van der Waals surface area contributed by atoms with Crippen molar-refractivity contribution >= 4 is 46.6 Å². The molecule has 0 aromatic heterocycles. The Morgan fingerprint density at radius 1 is 1.24 bits per heavy atom. The Kier molecular flexibility index (Phi) is 5.51. The van der Waals surface area contributed by atoms with Gasteiger partial charge in [0.1, 0.15) is 5.82 Å². The molecule has 1 N–H and O–H groups in total. The van der Waals surface area contributed by atoms with Crippen LogP contribution in [0.5, 0.6) is 0 Å². The first kappa shape index (κ1) is 16.1. The van der Waals surface area contributed by atoms with Gasteiger partial charge in [-0.05, 0) is 37.3 Å². The van der Waals surface area contributed by atoms with Gasteiger partial charge in [0.2, 0.25) is 5.91 Å². The monoisotopic (exact) mass is 343 g/mol. The third-order valence-electron chi connectivity index (χ3n) is 2.70. The number of nitrogens with one attached hydrogen (secondary N) is 1. The van der Waals surface area contributed by atoms with Crippen molar-refractivity contribution in [3.63, 3.8) is 0 Å². The highest BCUT2D eigenvalue weighted by Gasteiger charge is 2.17. The van der Waals surface area contributed by atoms with E-state index in [0.29, 0.717) is 14.9 Å². The van der Waals surface area contributed by atoms with Crippen molar-refractivity contribution in [1.29, 1.82) is 0 Å². The normalized spacial score (nSPS) is 12.0. The minimum absolute atomic E-state index is 0.159. The number of carbonyl (C=O) groups excluding carboxylic acids is 1. The molecular weight excluding hydrogens is 332 g/mol. The predicted octanol–water partition coefficient (Wildman–Crippen LogP) is 5.25. The number of thioether (sulfide) groups is 1. The van der Waals surface area contributed by atoms with Crippen LogP contribution in [0.2, 0.25) is 10.0 Å². The number of benzene rings is 2. The van der Waals surface area contributed by atoms with Gasteiger partial charge in [-0.3, -0.25) is 4.79 Å². The third kappa shape index (κ3) is 4.37. The number of hydrogen-bond donors (Lipinski definition) is 1. The van der Waals surface area contributed by atoms with Crippen molar-refractivity contribution in [2.45, 2.75) is 17.1 Å². The summed E-state index contributed by atoms with van der Waals surface area (Å²) in [6, 6.07) is 11.1. The second kappa shape index (κ2) is 7.16. The number of anilines is 1. The van der Waals surface area contributed by atoms with Crippen LogP contribution in [0.1, 0.15) is 6.92 Å². The van der Waals surface area contributed by atoms with Gasteiger partial charge in [0.25, 0.3) is 0 Å². The summed E-state index contributed by atoms with van der Waals surface area (Å²) < 4.78 is 13.5. The summed E-state index contributed by atoms with van der Waals surface area (Å²) in [6.45, 7) is 1.72. The zero-order valence-corrected chi connectivity index (χ0v) is 13.4.